The third kappa shape index (κ3) is 2.56. The number of halogens is 1. The van der Waals surface area contributed by atoms with Crippen LogP contribution in [0.1, 0.15) is 30.6 Å². The van der Waals surface area contributed by atoms with E-state index in [2.05, 4.69) is 11.1 Å². The second-order valence-corrected chi connectivity index (χ2v) is 8.20. The number of nitrogens with one attached hydrogen (secondary N) is 1. The van der Waals surface area contributed by atoms with Crippen molar-refractivity contribution in [2.45, 2.75) is 30.7 Å². The first-order valence-electron chi connectivity index (χ1n) is 8.39. The number of para-hydroxylation sites is 1. The zero-order chi connectivity index (χ0) is 17.6. The molecule has 0 spiro atoms. The molecule has 0 bridgehead atoms. The maximum Gasteiger partial charge on any atom is 0.243 e. The minimum atomic E-state index is -3.67. The van der Waals surface area contributed by atoms with Gasteiger partial charge in [-0.2, -0.15) is 4.31 Å². The Morgan fingerprint density at radius 3 is 2.60 bits per heavy atom. The normalized spacial score (nSPS) is 18.4. The van der Waals surface area contributed by atoms with Crippen molar-refractivity contribution in [3.63, 3.8) is 0 Å². The molecule has 0 aliphatic carbocycles. The van der Waals surface area contributed by atoms with Crippen LogP contribution in [0.15, 0.2) is 53.4 Å². The summed E-state index contributed by atoms with van der Waals surface area (Å²) >= 11 is 0. The molecule has 1 aromatic heterocycles. The summed E-state index contributed by atoms with van der Waals surface area (Å²) in [6.07, 6.45) is 1.33. The van der Waals surface area contributed by atoms with E-state index >= 15 is 0 Å². The molecule has 1 aliphatic heterocycles. The third-order valence-electron chi connectivity index (χ3n) is 4.92. The van der Waals surface area contributed by atoms with E-state index in [1.165, 1.54) is 34.1 Å². The summed E-state index contributed by atoms with van der Waals surface area (Å²) in [6, 6.07) is 12.8. The highest BCUT2D eigenvalue weighted by Crippen LogP contribution is 2.38. The van der Waals surface area contributed by atoms with Crippen molar-refractivity contribution in [2.75, 3.05) is 6.54 Å². The zero-order valence-electron chi connectivity index (χ0n) is 13.9. The molecular formula is C19H19FN2O2S. The molecule has 1 atom stereocenters. The first-order chi connectivity index (χ1) is 12.0. The number of aromatic nitrogens is 1. The maximum absolute atomic E-state index is 13.2. The number of aromatic amines is 1. The van der Waals surface area contributed by atoms with Gasteiger partial charge < -0.3 is 4.98 Å². The van der Waals surface area contributed by atoms with E-state index in [1.807, 2.05) is 25.1 Å². The van der Waals surface area contributed by atoms with Crippen molar-refractivity contribution in [2.24, 2.45) is 0 Å². The largest absolute Gasteiger partial charge is 0.357 e. The van der Waals surface area contributed by atoms with Crippen LogP contribution in [0.4, 0.5) is 4.39 Å². The lowest BCUT2D eigenvalue weighted by atomic mass is 9.98. The third-order valence-corrected chi connectivity index (χ3v) is 6.84. The number of H-pyrrole nitrogens is 1. The lowest BCUT2D eigenvalue weighted by Gasteiger charge is -2.34. The fraction of sp³-hybridized carbons (Fsp3) is 0.263. The molecule has 0 fully saturated rings. The molecule has 1 N–H and O–H groups in total. The van der Waals surface area contributed by atoms with Crippen molar-refractivity contribution < 1.29 is 12.8 Å². The molecule has 3 aromatic rings. The SMILES string of the molecule is CCC1c2[nH]c3ccccc3c2CCN1S(=O)(=O)c1ccc(F)cc1. The van der Waals surface area contributed by atoms with E-state index in [9.17, 15) is 12.8 Å². The van der Waals surface area contributed by atoms with Gasteiger partial charge in [-0.15, -0.1) is 0 Å². The Morgan fingerprint density at radius 2 is 1.88 bits per heavy atom. The van der Waals surface area contributed by atoms with Crippen molar-refractivity contribution in [1.82, 2.24) is 9.29 Å². The first-order valence-corrected chi connectivity index (χ1v) is 9.83. The maximum atomic E-state index is 13.2. The Labute approximate surface area is 146 Å². The number of hydrogen-bond donors (Lipinski definition) is 1. The van der Waals surface area contributed by atoms with Crippen LogP contribution in [0.3, 0.4) is 0 Å². The minimum Gasteiger partial charge on any atom is -0.357 e. The molecule has 2 heterocycles. The molecule has 4 rings (SSSR count). The number of nitrogens with zero attached hydrogens (tertiary/aromatic N) is 1. The van der Waals surface area contributed by atoms with Gasteiger partial charge in [-0.1, -0.05) is 25.1 Å². The van der Waals surface area contributed by atoms with Gasteiger partial charge in [0.05, 0.1) is 10.9 Å². The standard InChI is InChI=1S/C19H19FN2O2S/c1-2-18-19-16(15-5-3-4-6-17(15)21-19)11-12-22(18)25(23,24)14-9-7-13(20)8-10-14/h3-10,18,21H,2,11-12H2,1H3. The van der Waals surface area contributed by atoms with Crippen LogP contribution in [0.25, 0.3) is 10.9 Å². The number of hydrogen-bond acceptors (Lipinski definition) is 2. The zero-order valence-corrected chi connectivity index (χ0v) is 14.7. The van der Waals surface area contributed by atoms with Gasteiger partial charge in [-0.3, -0.25) is 0 Å². The van der Waals surface area contributed by atoms with Crippen LogP contribution < -0.4 is 0 Å². The fourth-order valence-corrected chi connectivity index (χ4v) is 5.41. The van der Waals surface area contributed by atoms with Gasteiger partial charge >= 0.3 is 0 Å². The predicted molar refractivity (Wildman–Crippen MR) is 95.3 cm³/mol. The topological polar surface area (TPSA) is 53.2 Å². The lowest BCUT2D eigenvalue weighted by molar-refractivity contribution is 0.297. The van der Waals surface area contributed by atoms with Crippen LogP contribution >= 0.6 is 0 Å². The molecule has 2 aromatic carbocycles. The Morgan fingerprint density at radius 1 is 1.16 bits per heavy atom. The van der Waals surface area contributed by atoms with E-state index in [1.54, 1.807) is 0 Å². The van der Waals surface area contributed by atoms with E-state index in [0.29, 0.717) is 19.4 Å². The number of fused-ring (bicyclic) bond motifs is 3. The van der Waals surface area contributed by atoms with Gasteiger partial charge in [-0.05, 0) is 48.7 Å². The van der Waals surface area contributed by atoms with E-state index in [4.69, 9.17) is 0 Å². The van der Waals surface area contributed by atoms with Crippen molar-refractivity contribution in [1.29, 1.82) is 0 Å². The fourth-order valence-electron chi connectivity index (χ4n) is 3.73. The Kier molecular flexibility index (Phi) is 3.89. The second-order valence-electron chi connectivity index (χ2n) is 6.31. The molecule has 0 saturated heterocycles. The molecule has 0 amide bonds. The number of benzene rings is 2. The average molecular weight is 358 g/mol. The molecule has 4 nitrogen and oxygen atoms in total. The van der Waals surface area contributed by atoms with Crippen molar-refractivity contribution >= 4 is 20.9 Å². The van der Waals surface area contributed by atoms with Crippen LogP contribution in [-0.2, 0) is 16.4 Å². The predicted octanol–water partition coefficient (Wildman–Crippen LogP) is 4.01. The summed E-state index contributed by atoms with van der Waals surface area (Å²) < 4.78 is 40.9. The number of rotatable bonds is 3. The van der Waals surface area contributed by atoms with Crippen molar-refractivity contribution in [3.8, 4) is 0 Å². The van der Waals surface area contributed by atoms with E-state index < -0.39 is 15.8 Å². The van der Waals surface area contributed by atoms with Gasteiger partial charge in [0.1, 0.15) is 5.82 Å². The van der Waals surface area contributed by atoms with Gasteiger partial charge in [0.15, 0.2) is 0 Å². The van der Waals surface area contributed by atoms with Crippen molar-refractivity contribution in [3.05, 3.63) is 65.6 Å². The summed E-state index contributed by atoms with van der Waals surface area (Å²) in [7, 11) is -3.67. The summed E-state index contributed by atoms with van der Waals surface area (Å²) in [4.78, 5) is 3.54. The summed E-state index contributed by atoms with van der Waals surface area (Å²) in [5, 5.41) is 1.16. The molecule has 1 aliphatic rings. The molecule has 25 heavy (non-hydrogen) atoms. The lowest BCUT2D eigenvalue weighted by Crippen LogP contribution is -2.39. The molecule has 1 unspecified atom stereocenters. The Balaban J connectivity index is 1.80. The Hall–Kier alpha value is -2.18. The van der Waals surface area contributed by atoms with Gasteiger partial charge in [-0.25, -0.2) is 12.8 Å². The average Bonchev–Trinajstić information content (AvgIpc) is 3.00. The summed E-state index contributed by atoms with van der Waals surface area (Å²) in [5.74, 6) is -0.442. The van der Waals surface area contributed by atoms with Crippen LogP contribution in [0.5, 0.6) is 0 Å². The molecule has 0 radical (unpaired) electrons. The van der Waals surface area contributed by atoms with Crippen LogP contribution in [-0.4, -0.2) is 24.3 Å². The quantitative estimate of drug-likeness (QED) is 0.769. The van der Waals surface area contributed by atoms with Crippen LogP contribution in [0.2, 0.25) is 0 Å². The highest BCUT2D eigenvalue weighted by molar-refractivity contribution is 7.89. The minimum absolute atomic E-state index is 0.131. The molecule has 0 saturated carbocycles. The van der Waals surface area contributed by atoms with E-state index in [0.717, 1.165) is 16.6 Å². The Bertz CT molecular complexity index is 1030. The number of sulfonamides is 1. The van der Waals surface area contributed by atoms with E-state index in [-0.39, 0.29) is 10.9 Å². The van der Waals surface area contributed by atoms with Gasteiger partial charge in [0, 0.05) is 23.1 Å². The second kappa shape index (κ2) is 5.97. The summed E-state index contributed by atoms with van der Waals surface area (Å²) in [5.41, 5.74) is 3.21. The summed E-state index contributed by atoms with van der Waals surface area (Å²) in [6.45, 7) is 2.41. The monoisotopic (exact) mass is 358 g/mol. The highest BCUT2D eigenvalue weighted by atomic mass is 32.2. The smallest absolute Gasteiger partial charge is 0.243 e. The molecule has 6 heteroatoms. The highest BCUT2D eigenvalue weighted by Gasteiger charge is 2.37. The first kappa shape index (κ1) is 16.3. The molecular weight excluding hydrogens is 339 g/mol. The van der Waals surface area contributed by atoms with Gasteiger partial charge in [0.25, 0.3) is 0 Å². The van der Waals surface area contributed by atoms with Crippen LogP contribution in [0, 0.1) is 5.82 Å². The van der Waals surface area contributed by atoms with Gasteiger partial charge in [0.2, 0.25) is 10.0 Å². The molecule has 130 valence electrons.